The lowest BCUT2D eigenvalue weighted by Gasteiger charge is -2.45. The molecule has 1 N–H and O–H groups in total. The molecule has 202 valence electrons. The summed E-state index contributed by atoms with van der Waals surface area (Å²) in [5, 5.41) is 19.9. The highest BCUT2D eigenvalue weighted by Gasteiger charge is 2.49. The van der Waals surface area contributed by atoms with E-state index in [0.29, 0.717) is 37.7 Å². The highest BCUT2D eigenvalue weighted by Crippen LogP contribution is 2.37. The van der Waals surface area contributed by atoms with Gasteiger partial charge in [0.15, 0.2) is 0 Å². The van der Waals surface area contributed by atoms with Crippen molar-refractivity contribution in [2.24, 2.45) is 0 Å². The molecule has 1 aliphatic carbocycles. The first-order chi connectivity index (χ1) is 18.9. The minimum Gasteiger partial charge on any atom is -0.467 e. The normalized spacial score (nSPS) is 18.7. The number of carbonyl (C=O) groups excluding carboxylic acids is 2. The van der Waals surface area contributed by atoms with Crippen LogP contribution < -0.4 is 0 Å². The molecule has 0 aliphatic heterocycles. The van der Waals surface area contributed by atoms with Crippen LogP contribution in [0, 0.1) is 11.3 Å². The highest BCUT2D eigenvalue weighted by molar-refractivity contribution is 5.88. The van der Waals surface area contributed by atoms with Crippen LogP contribution in [0.2, 0.25) is 0 Å². The van der Waals surface area contributed by atoms with Gasteiger partial charge in [0.2, 0.25) is 5.91 Å². The number of methoxy groups -OCH3 is 1. The maximum atomic E-state index is 13.5. The van der Waals surface area contributed by atoms with Gasteiger partial charge < -0.3 is 14.7 Å². The number of nitrogens with zero attached hydrogens (tertiary/aromatic N) is 2. The third-order valence-corrected chi connectivity index (χ3v) is 7.76. The summed E-state index contributed by atoms with van der Waals surface area (Å²) < 4.78 is 5.21. The van der Waals surface area contributed by atoms with E-state index in [-0.39, 0.29) is 12.5 Å². The predicted molar refractivity (Wildman–Crippen MR) is 151 cm³/mol. The van der Waals surface area contributed by atoms with Crippen LogP contribution in [0.25, 0.3) is 22.3 Å². The van der Waals surface area contributed by atoms with Crippen LogP contribution in [0.4, 0.5) is 0 Å². The van der Waals surface area contributed by atoms with Crippen LogP contribution in [0.5, 0.6) is 0 Å². The van der Waals surface area contributed by atoms with Gasteiger partial charge in [-0.15, -0.1) is 0 Å². The van der Waals surface area contributed by atoms with E-state index in [9.17, 15) is 20.0 Å². The Hall–Kier alpha value is -3.95. The first-order valence-corrected chi connectivity index (χ1v) is 13.7. The average molecular weight is 525 g/mol. The second kappa shape index (κ2) is 12.7. The standard InChI is InChI=1S/C33H36N2O4/c1-3-4-10-31(37)35(33(32(38)39-2)19-17-29(36)18-20-33)23-24-11-13-26(14-12-24)30-21-27(15-16-28(30)22-34)25-8-6-5-7-9-25/h5-9,11-16,21,29,36H,3-4,10,17-20,23H2,1-2H3/t29-,33-. The van der Waals surface area contributed by atoms with Crippen molar-refractivity contribution in [1.82, 2.24) is 4.90 Å². The largest absolute Gasteiger partial charge is 0.467 e. The number of hydrogen-bond acceptors (Lipinski definition) is 5. The van der Waals surface area contributed by atoms with Gasteiger partial charge in [0.1, 0.15) is 5.54 Å². The smallest absolute Gasteiger partial charge is 0.331 e. The number of aliphatic hydroxyl groups is 1. The first kappa shape index (κ1) is 28.1. The molecule has 0 heterocycles. The molecule has 0 saturated heterocycles. The number of hydrogen-bond donors (Lipinski definition) is 1. The molecule has 0 spiro atoms. The second-order valence-corrected chi connectivity index (χ2v) is 10.3. The van der Waals surface area contributed by atoms with Crippen molar-refractivity contribution in [3.8, 4) is 28.3 Å². The van der Waals surface area contributed by atoms with Gasteiger partial charge in [0, 0.05) is 18.5 Å². The molecule has 0 bridgehead atoms. The van der Waals surface area contributed by atoms with Crippen LogP contribution in [-0.2, 0) is 20.9 Å². The quantitative estimate of drug-likeness (QED) is 0.334. The van der Waals surface area contributed by atoms with E-state index in [1.54, 1.807) is 4.90 Å². The zero-order valence-corrected chi connectivity index (χ0v) is 22.7. The van der Waals surface area contributed by atoms with E-state index >= 15 is 0 Å². The summed E-state index contributed by atoms with van der Waals surface area (Å²) in [5.74, 6) is -0.502. The number of amides is 1. The van der Waals surface area contributed by atoms with Crippen LogP contribution >= 0.6 is 0 Å². The Kier molecular flexibility index (Phi) is 9.16. The molecule has 0 radical (unpaired) electrons. The van der Waals surface area contributed by atoms with E-state index in [4.69, 9.17) is 4.74 Å². The fourth-order valence-corrected chi connectivity index (χ4v) is 5.46. The van der Waals surface area contributed by atoms with Gasteiger partial charge in [-0.1, -0.05) is 74.0 Å². The van der Waals surface area contributed by atoms with Crippen molar-refractivity contribution in [3.63, 3.8) is 0 Å². The summed E-state index contributed by atoms with van der Waals surface area (Å²) in [7, 11) is 1.36. The SMILES string of the molecule is CCCCC(=O)N(Cc1ccc(-c2cc(-c3ccccc3)ccc2C#N)cc1)[C@]1(C(=O)OC)CC[C@@H](O)CC1. The zero-order chi connectivity index (χ0) is 27.8. The van der Waals surface area contributed by atoms with E-state index in [1.165, 1.54) is 7.11 Å². The lowest BCUT2D eigenvalue weighted by atomic mass is 9.78. The fourth-order valence-electron chi connectivity index (χ4n) is 5.46. The van der Waals surface area contributed by atoms with Crippen molar-refractivity contribution in [2.75, 3.05) is 7.11 Å². The molecule has 1 aliphatic rings. The Morgan fingerprint density at radius 2 is 1.67 bits per heavy atom. The molecular weight excluding hydrogens is 488 g/mol. The number of esters is 1. The molecule has 3 aromatic rings. The van der Waals surface area contributed by atoms with Crippen molar-refractivity contribution in [3.05, 3.63) is 83.9 Å². The van der Waals surface area contributed by atoms with Crippen LogP contribution in [0.1, 0.15) is 63.0 Å². The lowest BCUT2D eigenvalue weighted by molar-refractivity contribution is -0.167. The Labute approximate surface area is 230 Å². The van der Waals surface area contributed by atoms with Gasteiger partial charge in [-0.3, -0.25) is 4.79 Å². The lowest BCUT2D eigenvalue weighted by Crippen LogP contribution is -2.59. The molecular formula is C33H36N2O4. The second-order valence-electron chi connectivity index (χ2n) is 10.3. The summed E-state index contributed by atoms with van der Waals surface area (Å²) in [5.41, 5.74) is 4.23. The van der Waals surface area contributed by atoms with Crippen LogP contribution in [0.15, 0.2) is 72.8 Å². The maximum Gasteiger partial charge on any atom is 0.331 e. The molecule has 0 aromatic heterocycles. The highest BCUT2D eigenvalue weighted by atomic mass is 16.5. The monoisotopic (exact) mass is 524 g/mol. The number of benzene rings is 3. The van der Waals surface area contributed by atoms with Crippen molar-refractivity contribution in [2.45, 2.75) is 70.1 Å². The van der Waals surface area contributed by atoms with Gasteiger partial charge in [0.25, 0.3) is 0 Å². The van der Waals surface area contributed by atoms with Crippen molar-refractivity contribution < 1.29 is 19.4 Å². The third kappa shape index (κ3) is 6.21. The van der Waals surface area contributed by atoms with E-state index in [1.807, 2.05) is 79.7 Å². The molecule has 6 heteroatoms. The number of unbranched alkanes of at least 4 members (excludes halogenated alkanes) is 1. The molecule has 39 heavy (non-hydrogen) atoms. The third-order valence-electron chi connectivity index (χ3n) is 7.76. The van der Waals surface area contributed by atoms with Gasteiger partial charge in [0.05, 0.1) is 24.8 Å². The first-order valence-electron chi connectivity index (χ1n) is 13.7. The van der Waals surface area contributed by atoms with Gasteiger partial charge in [-0.2, -0.15) is 5.26 Å². The summed E-state index contributed by atoms with van der Waals surface area (Å²) in [6.07, 6.45) is 3.12. The number of rotatable bonds is 9. The summed E-state index contributed by atoms with van der Waals surface area (Å²) >= 11 is 0. The number of nitriles is 1. The van der Waals surface area contributed by atoms with Gasteiger partial charge >= 0.3 is 5.97 Å². The Bertz CT molecular complexity index is 1320. The Morgan fingerprint density at radius 3 is 2.28 bits per heavy atom. The molecule has 0 unspecified atom stereocenters. The Morgan fingerprint density at radius 1 is 1.00 bits per heavy atom. The van der Waals surface area contributed by atoms with E-state index in [2.05, 4.69) is 6.07 Å². The molecule has 4 rings (SSSR count). The van der Waals surface area contributed by atoms with Crippen molar-refractivity contribution >= 4 is 11.9 Å². The van der Waals surface area contributed by atoms with Crippen molar-refractivity contribution in [1.29, 1.82) is 5.26 Å². The Balaban J connectivity index is 1.66. The van der Waals surface area contributed by atoms with E-state index in [0.717, 1.165) is 40.7 Å². The molecule has 1 fully saturated rings. The minimum atomic E-state index is -1.09. The fraction of sp³-hybridized carbons (Fsp3) is 0.364. The zero-order valence-electron chi connectivity index (χ0n) is 22.7. The van der Waals surface area contributed by atoms with Gasteiger partial charge in [-0.05, 0) is 66.5 Å². The molecule has 6 nitrogen and oxygen atoms in total. The maximum absolute atomic E-state index is 13.5. The van der Waals surface area contributed by atoms with Gasteiger partial charge in [-0.25, -0.2) is 4.79 Å². The molecule has 1 amide bonds. The number of aliphatic hydroxyl groups excluding tert-OH is 1. The minimum absolute atomic E-state index is 0.0787. The predicted octanol–water partition coefficient (Wildman–Crippen LogP) is 6.26. The molecule has 0 atom stereocenters. The van der Waals surface area contributed by atoms with Crippen LogP contribution in [-0.4, -0.2) is 40.6 Å². The van der Waals surface area contributed by atoms with E-state index < -0.39 is 17.6 Å². The molecule has 1 saturated carbocycles. The average Bonchev–Trinajstić information content (AvgIpc) is 2.99. The van der Waals surface area contributed by atoms with Crippen LogP contribution in [0.3, 0.4) is 0 Å². The number of ether oxygens (including phenoxy) is 1. The number of carbonyl (C=O) groups is 2. The topological polar surface area (TPSA) is 90.6 Å². The summed E-state index contributed by atoms with van der Waals surface area (Å²) in [4.78, 5) is 28.3. The molecule has 3 aromatic carbocycles. The summed E-state index contributed by atoms with van der Waals surface area (Å²) in [6.45, 7) is 2.30. The summed E-state index contributed by atoms with van der Waals surface area (Å²) in [6, 6.07) is 26.0.